The Hall–Kier alpha value is -1.81. The summed E-state index contributed by atoms with van der Waals surface area (Å²) in [6, 6.07) is 3.43. The number of carbonyl (C=O) groups excluding carboxylic acids is 1. The zero-order valence-corrected chi connectivity index (χ0v) is 9.36. The van der Waals surface area contributed by atoms with E-state index in [2.05, 4.69) is 4.74 Å². The average molecular weight is 221 g/mol. The summed E-state index contributed by atoms with van der Waals surface area (Å²) in [6.45, 7) is 1.71. The first-order chi connectivity index (χ1) is 7.60. The van der Waals surface area contributed by atoms with Crippen molar-refractivity contribution in [3.05, 3.63) is 34.9 Å². The smallest absolute Gasteiger partial charge is 0.338 e. The van der Waals surface area contributed by atoms with Crippen molar-refractivity contribution in [2.24, 2.45) is 0 Å². The van der Waals surface area contributed by atoms with Crippen LogP contribution in [0.2, 0.25) is 0 Å². The van der Waals surface area contributed by atoms with Crippen molar-refractivity contribution in [2.75, 3.05) is 19.5 Å². The van der Waals surface area contributed by atoms with Gasteiger partial charge in [-0.05, 0) is 30.2 Å². The third-order valence-corrected chi connectivity index (χ3v) is 2.29. The number of nitrogen functional groups attached to an aromatic ring is 1. The molecule has 4 nitrogen and oxygen atoms in total. The second-order valence-electron chi connectivity index (χ2n) is 3.36. The molecule has 0 fully saturated rings. The Morgan fingerprint density at radius 1 is 1.56 bits per heavy atom. The molecular weight excluding hydrogens is 206 g/mol. The van der Waals surface area contributed by atoms with Gasteiger partial charge in [-0.25, -0.2) is 4.79 Å². The maximum absolute atomic E-state index is 11.5. The van der Waals surface area contributed by atoms with Gasteiger partial charge < -0.3 is 15.6 Å². The summed E-state index contributed by atoms with van der Waals surface area (Å²) in [5.41, 5.74) is 8.22. The summed E-state index contributed by atoms with van der Waals surface area (Å²) in [4.78, 5) is 11.5. The van der Waals surface area contributed by atoms with E-state index < -0.39 is 5.97 Å². The van der Waals surface area contributed by atoms with Crippen LogP contribution in [0.25, 0.3) is 6.08 Å². The molecule has 0 bridgehead atoms. The molecule has 0 saturated carbocycles. The molecule has 0 aliphatic rings. The molecule has 4 heteroatoms. The highest BCUT2D eigenvalue weighted by Gasteiger charge is 2.11. The number of nitrogens with two attached hydrogens (primary N) is 1. The van der Waals surface area contributed by atoms with Crippen molar-refractivity contribution in [3.63, 3.8) is 0 Å². The third-order valence-electron chi connectivity index (χ3n) is 2.29. The average Bonchev–Trinajstić information content (AvgIpc) is 2.29. The minimum atomic E-state index is -0.413. The van der Waals surface area contributed by atoms with Gasteiger partial charge in [0.1, 0.15) is 0 Å². The van der Waals surface area contributed by atoms with Crippen LogP contribution < -0.4 is 5.73 Å². The van der Waals surface area contributed by atoms with E-state index in [1.807, 2.05) is 0 Å². The van der Waals surface area contributed by atoms with Crippen LogP contribution in [0.3, 0.4) is 0 Å². The van der Waals surface area contributed by atoms with Crippen LogP contribution in [0.1, 0.15) is 21.5 Å². The fourth-order valence-electron chi connectivity index (χ4n) is 1.37. The second-order valence-corrected chi connectivity index (χ2v) is 3.36. The van der Waals surface area contributed by atoms with Gasteiger partial charge in [-0.1, -0.05) is 12.2 Å². The van der Waals surface area contributed by atoms with Crippen molar-refractivity contribution in [1.82, 2.24) is 0 Å². The Bertz CT molecular complexity index is 425. The highest BCUT2D eigenvalue weighted by atomic mass is 16.5. The topological polar surface area (TPSA) is 72.5 Å². The van der Waals surface area contributed by atoms with Crippen molar-refractivity contribution < 1.29 is 14.6 Å². The molecule has 0 atom stereocenters. The number of methoxy groups -OCH3 is 1. The fraction of sp³-hybridized carbons (Fsp3) is 0.250. The van der Waals surface area contributed by atoms with Crippen LogP contribution in [0, 0.1) is 6.92 Å². The zero-order chi connectivity index (χ0) is 12.1. The van der Waals surface area contributed by atoms with E-state index >= 15 is 0 Å². The maximum atomic E-state index is 11.5. The van der Waals surface area contributed by atoms with E-state index in [-0.39, 0.29) is 6.61 Å². The van der Waals surface area contributed by atoms with Gasteiger partial charge >= 0.3 is 5.97 Å². The van der Waals surface area contributed by atoms with Crippen LogP contribution in [0.4, 0.5) is 5.69 Å². The molecular formula is C12H15NO3. The molecule has 16 heavy (non-hydrogen) atoms. The van der Waals surface area contributed by atoms with Crippen LogP contribution in [-0.4, -0.2) is 24.8 Å². The molecule has 1 aromatic rings. The predicted octanol–water partition coefficient (Wildman–Crippen LogP) is 1.37. The van der Waals surface area contributed by atoms with Gasteiger partial charge in [-0.2, -0.15) is 0 Å². The highest BCUT2D eigenvalue weighted by molar-refractivity contribution is 5.93. The van der Waals surface area contributed by atoms with Gasteiger partial charge in [0.05, 0.1) is 19.3 Å². The van der Waals surface area contributed by atoms with Crippen molar-refractivity contribution in [2.45, 2.75) is 6.92 Å². The molecule has 0 radical (unpaired) electrons. The number of benzene rings is 1. The lowest BCUT2D eigenvalue weighted by molar-refractivity contribution is 0.0600. The number of esters is 1. The summed E-state index contributed by atoms with van der Waals surface area (Å²) in [5.74, 6) is -0.413. The Balaban J connectivity index is 3.22. The maximum Gasteiger partial charge on any atom is 0.338 e. The molecule has 0 unspecified atom stereocenters. The van der Waals surface area contributed by atoms with Crippen molar-refractivity contribution >= 4 is 17.7 Å². The Kier molecular flexibility index (Phi) is 4.08. The molecule has 0 saturated heterocycles. The first kappa shape index (κ1) is 12.3. The summed E-state index contributed by atoms with van der Waals surface area (Å²) in [6.07, 6.45) is 3.27. The van der Waals surface area contributed by atoms with Gasteiger partial charge in [-0.15, -0.1) is 0 Å². The lowest BCUT2D eigenvalue weighted by atomic mass is 10.0. The second kappa shape index (κ2) is 5.32. The predicted molar refractivity (Wildman–Crippen MR) is 63.1 cm³/mol. The minimum absolute atomic E-state index is 0.0542. The third kappa shape index (κ3) is 2.61. The van der Waals surface area contributed by atoms with E-state index in [1.165, 1.54) is 7.11 Å². The fourth-order valence-corrected chi connectivity index (χ4v) is 1.37. The number of anilines is 1. The zero-order valence-electron chi connectivity index (χ0n) is 9.36. The van der Waals surface area contributed by atoms with E-state index in [9.17, 15) is 4.79 Å². The summed E-state index contributed by atoms with van der Waals surface area (Å²) >= 11 is 0. The normalized spacial score (nSPS) is 10.7. The van der Waals surface area contributed by atoms with E-state index in [4.69, 9.17) is 10.8 Å². The van der Waals surface area contributed by atoms with Crippen LogP contribution >= 0.6 is 0 Å². The molecule has 0 aliphatic heterocycles. The van der Waals surface area contributed by atoms with E-state index in [0.29, 0.717) is 16.8 Å². The number of rotatable bonds is 3. The lowest BCUT2D eigenvalue weighted by Gasteiger charge is -2.08. The van der Waals surface area contributed by atoms with Gasteiger partial charge in [0.15, 0.2) is 0 Å². The SMILES string of the molecule is COC(=O)c1cc(C=CCO)cc(N)c1C. The first-order valence-corrected chi connectivity index (χ1v) is 4.86. The Labute approximate surface area is 94.3 Å². The van der Waals surface area contributed by atoms with Gasteiger partial charge in [0, 0.05) is 5.69 Å². The molecule has 0 aromatic heterocycles. The first-order valence-electron chi connectivity index (χ1n) is 4.86. The molecule has 0 amide bonds. The van der Waals surface area contributed by atoms with Gasteiger partial charge in [0.2, 0.25) is 0 Å². The van der Waals surface area contributed by atoms with Gasteiger partial charge in [0.25, 0.3) is 0 Å². The molecule has 1 rings (SSSR count). The minimum Gasteiger partial charge on any atom is -0.465 e. The number of hydrogen-bond donors (Lipinski definition) is 2. The monoisotopic (exact) mass is 221 g/mol. The van der Waals surface area contributed by atoms with Gasteiger partial charge in [-0.3, -0.25) is 0 Å². The Morgan fingerprint density at radius 3 is 2.81 bits per heavy atom. The number of hydrogen-bond acceptors (Lipinski definition) is 4. The van der Waals surface area contributed by atoms with Crippen LogP contribution in [0.15, 0.2) is 18.2 Å². The number of carbonyl (C=O) groups is 1. The summed E-state index contributed by atoms with van der Waals surface area (Å²) < 4.78 is 4.66. The quantitative estimate of drug-likeness (QED) is 0.597. The summed E-state index contributed by atoms with van der Waals surface area (Å²) in [5, 5.41) is 8.67. The van der Waals surface area contributed by atoms with E-state index in [1.54, 1.807) is 31.2 Å². The molecule has 0 heterocycles. The largest absolute Gasteiger partial charge is 0.465 e. The molecule has 0 spiro atoms. The molecule has 1 aromatic carbocycles. The van der Waals surface area contributed by atoms with E-state index in [0.717, 1.165) is 5.56 Å². The van der Waals surface area contributed by atoms with Crippen molar-refractivity contribution in [1.29, 1.82) is 0 Å². The van der Waals surface area contributed by atoms with Crippen LogP contribution in [-0.2, 0) is 4.74 Å². The lowest BCUT2D eigenvalue weighted by Crippen LogP contribution is -2.06. The standard InChI is InChI=1S/C12H15NO3/c1-8-10(12(15)16-2)6-9(4-3-5-14)7-11(8)13/h3-4,6-7,14H,5,13H2,1-2H3. The van der Waals surface area contributed by atoms with Crippen LogP contribution in [0.5, 0.6) is 0 Å². The molecule has 0 aliphatic carbocycles. The molecule has 86 valence electrons. The molecule has 3 N–H and O–H groups in total. The summed E-state index contributed by atoms with van der Waals surface area (Å²) in [7, 11) is 1.33. The van der Waals surface area contributed by atoms with Crippen molar-refractivity contribution in [3.8, 4) is 0 Å². The Morgan fingerprint density at radius 2 is 2.25 bits per heavy atom. The number of ether oxygens (including phenoxy) is 1. The highest BCUT2D eigenvalue weighted by Crippen LogP contribution is 2.20. The number of aliphatic hydroxyl groups is 1. The number of aliphatic hydroxyl groups excluding tert-OH is 1.